The Labute approximate surface area is 167 Å². The molecule has 0 unspecified atom stereocenters. The van der Waals surface area contributed by atoms with Crippen molar-refractivity contribution >= 4 is 18.3 Å². The van der Waals surface area contributed by atoms with Gasteiger partial charge in [0.05, 0.1) is 22.8 Å². The Morgan fingerprint density at radius 2 is 1.82 bits per heavy atom. The highest BCUT2D eigenvalue weighted by molar-refractivity contribution is 5.87. The highest BCUT2D eigenvalue weighted by Crippen LogP contribution is 2.37. The van der Waals surface area contributed by atoms with Crippen LogP contribution in [0.2, 0.25) is 0 Å². The minimum atomic E-state index is -4.34. The van der Waals surface area contributed by atoms with Gasteiger partial charge in [0.25, 0.3) is 0 Å². The average molecular weight is 412 g/mol. The number of hydrogen-bond donors (Lipinski definition) is 2. The number of carbonyl (C=O) groups excluding carboxylic acids is 1. The zero-order chi connectivity index (χ0) is 19.1. The third-order valence-corrected chi connectivity index (χ3v) is 5.49. The van der Waals surface area contributed by atoms with Crippen LogP contribution in [-0.2, 0) is 11.0 Å². The number of benzene rings is 1. The molecule has 1 aromatic heterocycles. The van der Waals surface area contributed by atoms with Crippen LogP contribution in [0.1, 0.15) is 43.0 Å². The lowest BCUT2D eigenvalue weighted by atomic mass is 9.88. The molecule has 4 rings (SSSR count). The van der Waals surface area contributed by atoms with E-state index in [-0.39, 0.29) is 24.4 Å². The minimum absolute atomic E-state index is 0. The molecule has 0 saturated carbocycles. The molecule has 2 N–H and O–H groups in total. The van der Waals surface area contributed by atoms with Crippen molar-refractivity contribution in [3.8, 4) is 11.1 Å². The maximum Gasteiger partial charge on any atom is 0.416 e. The number of nitrogens with one attached hydrogen (secondary N) is 2. The molecular weight excluding hydrogens is 391 g/mol. The van der Waals surface area contributed by atoms with Crippen molar-refractivity contribution in [1.82, 2.24) is 15.6 Å². The fourth-order valence-corrected chi connectivity index (χ4v) is 4.01. The molecule has 2 fully saturated rings. The molecule has 1 aromatic carbocycles. The summed E-state index contributed by atoms with van der Waals surface area (Å²) in [5, 5.41) is 6.38. The Hall–Kier alpha value is -2.12. The molecule has 0 bridgehead atoms. The quantitative estimate of drug-likeness (QED) is 0.776. The topological polar surface area (TPSA) is 54.0 Å². The van der Waals surface area contributed by atoms with E-state index in [1.807, 2.05) is 6.07 Å². The summed E-state index contributed by atoms with van der Waals surface area (Å²) in [5.41, 5.74) is 1.14. The number of piperidine rings is 1. The summed E-state index contributed by atoms with van der Waals surface area (Å²) >= 11 is 0. The van der Waals surface area contributed by atoms with Crippen LogP contribution in [0.4, 0.5) is 13.2 Å². The summed E-state index contributed by atoms with van der Waals surface area (Å²) in [7, 11) is 0. The number of aromatic nitrogens is 1. The molecule has 2 aromatic rings. The molecule has 1 spiro atoms. The van der Waals surface area contributed by atoms with E-state index in [1.54, 1.807) is 12.3 Å². The van der Waals surface area contributed by atoms with Crippen molar-refractivity contribution in [2.24, 2.45) is 0 Å². The Morgan fingerprint density at radius 3 is 2.50 bits per heavy atom. The van der Waals surface area contributed by atoms with Crippen molar-refractivity contribution in [1.29, 1.82) is 0 Å². The van der Waals surface area contributed by atoms with Gasteiger partial charge in [-0.25, -0.2) is 0 Å². The fourth-order valence-electron chi connectivity index (χ4n) is 4.01. The molecule has 150 valence electrons. The van der Waals surface area contributed by atoms with E-state index < -0.39 is 17.3 Å². The zero-order valence-electron chi connectivity index (χ0n) is 15.1. The van der Waals surface area contributed by atoms with Gasteiger partial charge in [-0.15, -0.1) is 12.4 Å². The number of alkyl halides is 3. The first kappa shape index (κ1) is 20.6. The van der Waals surface area contributed by atoms with E-state index in [0.717, 1.165) is 49.1 Å². The molecule has 28 heavy (non-hydrogen) atoms. The van der Waals surface area contributed by atoms with Crippen LogP contribution in [0.15, 0.2) is 42.6 Å². The van der Waals surface area contributed by atoms with Crippen LogP contribution in [0.25, 0.3) is 11.1 Å². The number of hydrogen-bond acceptors (Lipinski definition) is 3. The summed E-state index contributed by atoms with van der Waals surface area (Å²) < 4.78 is 38.2. The summed E-state index contributed by atoms with van der Waals surface area (Å²) in [6.45, 7) is 0.717. The van der Waals surface area contributed by atoms with E-state index in [9.17, 15) is 18.0 Å². The number of nitrogens with zero attached hydrogens (tertiary/aromatic N) is 1. The standard InChI is InChI=1S/C20H20F3N3O.ClH/c21-20(22,23)15-4-2-13(3-5-15)14-7-11-24-17(12-14)16-6-9-19(26-16)8-1-10-25-18(19)27;/h2-5,7,11-12,16,26H,1,6,8-10H2,(H,25,27);1H/t16-,19+;/m1./s1. The lowest BCUT2D eigenvalue weighted by Gasteiger charge is -2.33. The predicted octanol–water partition coefficient (Wildman–Crippen LogP) is 4.26. The summed E-state index contributed by atoms with van der Waals surface area (Å²) in [5.74, 6) is 0.0511. The monoisotopic (exact) mass is 411 g/mol. The molecule has 2 atom stereocenters. The molecule has 1 amide bonds. The minimum Gasteiger partial charge on any atom is -0.354 e. The van der Waals surface area contributed by atoms with Crippen molar-refractivity contribution in [3.05, 3.63) is 53.9 Å². The van der Waals surface area contributed by atoms with Gasteiger partial charge in [0.15, 0.2) is 0 Å². The fraction of sp³-hybridized carbons (Fsp3) is 0.400. The maximum absolute atomic E-state index is 12.7. The van der Waals surface area contributed by atoms with Gasteiger partial charge in [0.1, 0.15) is 0 Å². The van der Waals surface area contributed by atoms with Crippen LogP contribution in [0.5, 0.6) is 0 Å². The molecule has 2 aliphatic heterocycles. The number of amides is 1. The Morgan fingerprint density at radius 1 is 1.07 bits per heavy atom. The van der Waals surface area contributed by atoms with Gasteiger partial charge in [0.2, 0.25) is 5.91 Å². The first-order valence-electron chi connectivity index (χ1n) is 9.07. The first-order valence-corrected chi connectivity index (χ1v) is 9.07. The summed E-state index contributed by atoms with van der Waals surface area (Å²) in [6, 6.07) is 8.75. The SMILES string of the molecule is Cl.O=C1NCCC[C@]12CC[C@H](c1cc(-c3ccc(C(F)(F)F)cc3)ccn1)N2. The molecule has 0 radical (unpaired) electrons. The molecule has 2 aliphatic rings. The van der Waals surface area contributed by atoms with E-state index >= 15 is 0 Å². The maximum atomic E-state index is 12.7. The van der Waals surface area contributed by atoms with Gasteiger partial charge in [-0.3, -0.25) is 15.1 Å². The highest BCUT2D eigenvalue weighted by atomic mass is 35.5. The Balaban J connectivity index is 0.00000225. The Bertz CT molecular complexity index is 857. The van der Waals surface area contributed by atoms with E-state index in [2.05, 4.69) is 15.6 Å². The highest BCUT2D eigenvalue weighted by Gasteiger charge is 2.46. The molecule has 0 aliphatic carbocycles. The van der Waals surface area contributed by atoms with Gasteiger partial charge in [-0.1, -0.05) is 12.1 Å². The lowest BCUT2D eigenvalue weighted by molar-refractivity contribution is -0.137. The molecular formula is C20H21ClF3N3O. The zero-order valence-corrected chi connectivity index (χ0v) is 15.9. The van der Waals surface area contributed by atoms with E-state index in [4.69, 9.17) is 0 Å². The van der Waals surface area contributed by atoms with Crippen molar-refractivity contribution in [2.75, 3.05) is 6.54 Å². The third kappa shape index (κ3) is 3.86. The summed E-state index contributed by atoms with van der Waals surface area (Å²) in [6.07, 6.45) is 0.644. The van der Waals surface area contributed by atoms with Crippen LogP contribution < -0.4 is 10.6 Å². The Kier molecular flexibility index (Phi) is 5.68. The van der Waals surface area contributed by atoms with Gasteiger partial charge in [-0.2, -0.15) is 13.2 Å². The van der Waals surface area contributed by atoms with E-state index in [0.29, 0.717) is 12.1 Å². The number of halogens is 4. The van der Waals surface area contributed by atoms with Gasteiger partial charge in [0, 0.05) is 12.7 Å². The lowest BCUT2D eigenvalue weighted by Crippen LogP contribution is -2.57. The second-order valence-electron chi connectivity index (χ2n) is 7.22. The average Bonchev–Trinajstić information content (AvgIpc) is 3.09. The number of rotatable bonds is 2. The normalized spacial score (nSPS) is 24.7. The van der Waals surface area contributed by atoms with Gasteiger partial charge < -0.3 is 5.32 Å². The second kappa shape index (κ2) is 7.72. The summed E-state index contributed by atoms with van der Waals surface area (Å²) in [4.78, 5) is 16.7. The van der Waals surface area contributed by atoms with Crippen LogP contribution >= 0.6 is 12.4 Å². The van der Waals surface area contributed by atoms with E-state index in [1.165, 1.54) is 12.1 Å². The van der Waals surface area contributed by atoms with Gasteiger partial charge in [-0.05, 0) is 61.1 Å². The van der Waals surface area contributed by atoms with Crippen LogP contribution in [-0.4, -0.2) is 23.0 Å². The van der Waals surface area contributed by atoms with Crippen LogP contribution in [0, 0.1) is 0 Å². The molecule has 8 heteroatoms. The molecule has 3 heterocycles. The molecule has 4 nitrogen and oxygen atoms in total. The van der Waals surface area contributed by atoms with Crippen molar-refractivity contribution < 1.29 is 18.0 Å². The number of carbonyl (C=O) groups is 1. The number of pyridine rings is 1. The third-order valence-electron chi connectivity index (χ3n) is 5.49. The second-order valence-corrected chi connectivity index (χ2v) is 7.22. The first-order chi connectivity index (χ1) is 12.9. The largest absolute Gasteiger partial charge is 0.416 e. The molecule has 2 saturated heterocycles. The van der Waals surface area contributed by atoms with Crippen molar-refractivity contribution in [2.45, 2.75) is 43.4 Å². The smallest absolute Gasteiger partial charge is 0.354 e. The van der Waals surface area contributed by atoms with Crippen LogP contribution in [0.3, 0.4) is 0 Å². The van der Waals surface area contributed by atoms with Crippen molar-refractivity contribution in [3.63, 3.8) is 0 Å². The predicted molar refractivity (Wildman–Crippen MR) is 102 cm³/mol. The van der Waals surface area contributed by atoms with Gasteiger partial charge >= 0.3 is 6.18 Å².